The number of methoxy groups -OCH3 is 1. The molecule has 0 aliphatic carbocycles. The molecule has 1 aromatic carbocycles. The molecule has 1 atom stereocenters. The fourth-order valence-corrected chi connectivity index (χ4v) is 4.79. The van der Waals surface area contributed by atoms with Crippen LogP contribution in [0.1, 0.15) is 24.8 Å². The molecular weight excluding hydrogens is 466 g/mol. The molecule has 9 nitrogen and oxygen atoms in total. The maximum atomic E-state index is 14.0. The van der Waals surface area contributed by atoms with Crippen molar-refractivity contribution in [3.8, 4) is 11.3 Å². The van der Waals surface area contributed by atoms with Crippen molar-refractivity contribution >= 4 is 22.7 Å². The highest BCUT2D eigenvalue weighted by molar-refractivity contribution is 5.81. The number of imidazole rings is 1. The van der Waals surface area contributed by atoms with Gasteiger partial charge in [-0.15, -0.1) is 0 Å². The summed E-state index contributed by atoms with van der Waals surface area (Å²) < 4.78 is 34.7. The minimum absolute atomic E-state index is 0.304. The molecule has 0 radical (unpaired) electrons. The highest BCUT2D eigenvalue weighted by Crippen LogP contribution is 2.32. The summed E-state index contributed by atoms with van der Waals surface area (Å²) in [6.07, 6.45) is 7.43. The van der Waals surface area contributed by atoms with Gasteiger partial charge in [0.05, 0.1) is 30.5 Å². The fourth-order valence-electron chi connectivity index (χ4n) is 4.79. The minimum Gasteiger partial charge on any atom is -0.385 e. The summed E-state index contributed by atoms with van der Waals surface area (Å²) in [5.74, 6) is -1.52. The van der Waals surface area contributed by atoms with E-state index in [0.717, 1.165) is 49.2 Å². The maximum Gasteiger partial charge on any atom is 0.165 e. The van der Waals surface area contributed by atoms with Gasteiger partial charge in [-0.2, -0.15) is 0 Å². The van der Waals surface area contributed by atoms with Crippen molar-refractivity contribution in [2.75, 3.05) is 37.4 Å². The second-order valence-corrected chi connectivity index (χ2v) is 9.26. The number of nitrogen functional groups attached to an aromatic ring is 1. The van der Waals surface area contributed by atoms with Gasteiger partial charge in [-0.1, -0.05) is 0 Å². The normalized spacial score (nSPS) is 18.2. The van der Waals surface area contributed by atoms with Gasteiger partial charge in [0.25, 0.3) is 0 Å². The highest BCUT2D eigenvalue weighted by atomic mass is 19.2. The molecule has 1 aliphatic rings. The summed E-state index contributed by atoms with van der Waals surface area (Å²) in [4.78, 5) is 19.6. The Morgan fingerprint density at radius 3 is 2.78 bits per heavy atom. The second-order valence-electron chi connectivity index (χ2n) is 9.26. The zero-order valence-electron chi connectivity index (χ0n) is 20.0. The Morgan fingerprint density at radius 2 is 1.97 bits per heavy atom. The van der Waals surface area contributed by atoms with Crippen molar-refractivity contribution in [3.05, 3.63) is 60.3 Å². The second kappa shape index (κ2) is 9.75. The van der Waals surface area contributed by atoms with Crippen molar-refractivity contribution in [2.45, 2.75) is 31.3 Å². The van der Waals surface area contributed by atoms with Crippen molar-refractivity contribution < 1.29 is 13.5 Å². The lowest BCUT2D eigenvalue weighted by Gasteiger charge is -2.42. The van der Waals surface area contributed by atoms with E-state index >= 15 is 0 Å². The molecule has 4 aromatic rings. The zero-order valence-corrected chi connectivity index (χ0v) is 20.0. The van der Waals surface area contributed by atoms with E-state index in [-0.39, 0.29) is 5.54 Å². The largest absolute Gasteiger partial charge is 0.385 e. The number of hydrogen-bond acceptors (Lipinski definition) is 8. The number of rotatable bonds is 7. The van der Waals surface area contributed by atoms with Crippen molar-refractivity contribution in [1.82, 2.24) is 24.5 Å². The lowest BCUT2D eigenvalue weighted by molar-refractivity contribution is 0.160. The third-order valence-corrected chi connectivity index (χ3v) is 6.70. The molecule has 36 heavy (non-hydrogen) atoms. The lowest BCUT2D eigenvalue weighted by Crippen LogP contribution is -2.55. The number of aromatic nitrogens is 5. The molecule has 11 heteroatoms. The molecule has 1 aliphatic heterocycles. The summed E-state index contributed by atoms with van der Waals surface area (Å²) in [5.41, 5.74) is 16.3. The number of nitrogens with two attached hydrogens (primary N) is 2. The van der Waals surface area contributed by atoms with Gasteiger partial charge in [0.15, 0.2) is 23.1 Å². The van der Waals surface area contributed by atoms with Crippen LogP contribution in [0.25, 0.3) is 22.4 Å². The number of benzene rings is 1. The molecular formula is C25H28F2N8O. The van der Waals surface area contributed by atoms with Gasteiger partial charge >= 0.3 is 0 Å². The van der Waals surface area contributed by atoms with Crippen LogP contribution in [0.3, 0.4) is 0 Å². The first-order valence-corrected chi connectivity index (χ1v) is 11.8. The number of nitrogens with zero attached hydrogens (tertiary/aromatic N) is 6. The van der Waals surface area contributed by atoms with E-state index in [4.69, 9.17) is 16.2 Å². The van der Waals surface area contributed by atoms with Gasteiger partial charge in [0.2, 0.25) is 0 Å². The van der Waals surface area contributed by atoms with Gasteiger partial charge in [0, 0.05) is 37.9 Å². The van der Waals surface area contributed by atoms with Crippen LogP contribution in [-0.4, -0.2) is 56.8 Å². The van der Waals surface area contributed by atoms with Crippen LogP contribution in [0.4, 0.5) is 20.3 Å². The Hall–Kier alpha value is -3.70. The standard InChI is InChI=1S/C25H28F2N8O/c1-36-8-6-25(29)5-2-7-34(13-25)21-11-30-20(16-3-4-18(26)19(27)9-16)10-17(21)12-35-15-33-22-23(28)31-14-32-24(22)35/h3-4,9-11,14-15H,2,5-8,12-13,29H2,1H3,(H2,28,31,32). The Morgan fingerprint density at radius 1 is 1.11 bits per heavy atom. The summed E-state index contributed by atoms with van der Waals surface area (Å²) >= 11 is 0. The summed E-state index contributed by atoms with van der Waals surface area (Å²) in [5, 5.41) is 0. The number of anilines is 2. The molecule has 5 rings (SSSR count). The van der Waals surface area contributed by atoms with E-state index in [2.05, 4.69) is 24.8 Å². The first-order valence-electron chi connectivity index (χ1n) is 11.8. The fraction of sp³-hybridized carbons (Fsp3) is 0.360. The number of halogens is 2. The molecule has 3 aromatic heterocycles. The summed E-state index contributed by atoms with van der Waals surface area (Å²) in [6, 6.07) is 5.66. The monoisotopic (exact) mass is 494 g/mol. The van der Waals surface area contributed by atoms with Crippen LogP contribution in [0, 0.1) is 11.6 Å². The first kappa shape index (κ1) is 24.0. The van der Waals surface area contributed by atoms with E-state index in [1.807, 2.05) is 10.6 Å². The molecule has 0 saturated carbocycles. The van der Waals surface area contributed by atoms with E-state index in [0.29, 0.717) is 47.9 Å². The molecule has 4 heterocycles. The highest BCUT2D eigenvalue weighted by Gasteiger charge is 2.32. The number of hydrogen-bond donors (Lipinski definition) is 2. The minimum atomic E-state index is -0.921. The van der Waals surface area contributed by atoms with Crippen LogP contribution >= 0.6 is 0 Å². The SMILES string of the molecule is COCCC1(N)CCCN(c2cnc(-c3ccc(F)c(F)c3)cc2Cn2cnc3c(N)ncnc32)C1. The van der Waals surface area contributed by atoms with Crippen LogP contribution in [0.5, 0.6) is 0 Å². The van der Waals surface area contributed by atoms with Crippen molar-refractivity contribution in [1.29, 1.82) is 0 Å². The smallest absolute Gasteiger partial charge is 0.165 e. The van der Waals surface area contributed by atoms with Crippen LogP contribution in [0.15, 0.2) is 43.1 Å². The predicted octanol–water partition coefficient (Wildman–Crippen LogP) is 3.13. The third-order valence-electron chi connectivity index (χ3n) is 6.70. The Kier molecular flexibility index (Phi) is 6.50. The first-order chi connectivity index (χ1) is 17.4. The zero-order chi connectivity index (χ0) is 25.3. The average molecular weight is 495 g/mol. The van der Waals surface area contributed by atoms with Gasteiger partial charge < -0.3 is 25.7 Å². The Labute approximate surface area is 207 Å². The number of piperidine rings is 1. The van der Waals surface area contributed by atoms with Crippen LogP contribution < -0.4 is 16.4 Å². The molecule has 0 spiro atoms. The van der Waals surface area contributed by atoms with Crippen LogP contribution in [-0.2, 0) is 11.3 Å². The Balaban J connectivity index is 1.56. The molecule has 1 saturated heterocycles. The molecule has 188 valence electrons. The van der Waals surface area contributed by atoms with E-state index in [1.165, 1.54) is 12.4 Å². The van der Waals surface area contributed by atoms with Crippen molar-refractivity contribution in [3.63, 3.8) is 0 Å². The molecule has 1 unspecified atom stereocenters. The van der Waals surface area contributed by atoms with Crippen molar-refractivity contribution in [2.24, 2.45) is 5.73 Å². The van der Waals surface area contributed by atoms with E-state index < -0.39 is 11.6 Å². The number of pyridine rings is 1. The summed E-state index contributed by atoms with van der Waals surface area (Å²) in [6.45, 7) is 2.47. The molecule has 0 bridgehead atoms. The number of ether oxygens (including phenoxy) is 1. The van der Waals surface area contributed by atoms with E-state index in [1.54, 1.807) is 19.6 Å². The Bertz CT molecular complexity index is 1390. The quantitative estimate of drug-likeness (QED) is 0.402. The molecule has 1 fully saturated rings. The molecule has 0 amide bonds. The average Bonchev–Trinajstić information content (AvgIpc) is 3.28. The number of fused-ring (bicyclic) bond motifs is 1. The van der Waals surface area contributed by atoms with Crippen LogP contribution in [0.2, 0.25) is 0 Å². The van der Waals surface area contributed by atoms with E-state index in [9.17, 15) is 8.78 Å². The van der Waals surface area contributed by atoms with Gasteiger partial charge in [-0.05, 0) is 49.1 Å². The third kappa shape index (κ3) is 4.71. The maximum absolute atomic E-state index is 14.0. The summed E-state index contributed by atoms with van der Waals surface area (Å²) in [7, 11) is 1.68. The predicted molar refractivity (Wildman–Crippen MR) is 133 cm³/mol. The van der Waals surface area contributed by atoms with Gasteiger partial charge in [-0.25, -0.2) is 23.7 Å². The molecule has 4 N–H and O–H groups in total. The van der Waals surface area contributed by atoms with Gasteiger partial charge in [-0.3, -0.25) is 4.98 Å². The lowest BCUT2D eigenvalue weighted by atomic mass is 9.86. The topological polar surface area (TPSA) is 121 Å². The van der Waals surface area contributed by atoms with Gasteiger partial charge in [0.1, 0.15) is 11.8 Å².